The monoisotopic (exact) mass is 242 g/mol. The maximum atomic E-state index is 11.9. The second kappa shape index (κ2) is 5.65. The summed E-state index contributed by atoms with van der Waals surface area (Å²) in [6, 6.07) is 6.92. The molecule has 2 atom stereocenters. The SMILES string of the molecule is COc1ccccc1S(=O)CC(C)C(=O)O. The van der Waals surface area contributed by atoms with E-state index in [1.54, 1.807) is 24.3 Å². The third-order valence-electron chi connectivity index (χ3n) is 2.14. The van der Waals surface area contributed by atoms with Gasteiger partial charge in [0.25, 0.3) is 0 Å². The van der Waals surface area contributed by atoms with Gasteiger partial charge in [0.2, 0.25) is 0 Å². The Morgan fingerprint density at radius 3 is 2.69 bits per heavy atom. The van der Waals surface area contributed by atoms with Crippen molar-refractivity contribution in [1.29, 1.82) is 0 Å². The van der Waals surface area contributed by atoms with Crippen molar-refractivity contribution < 1.29 is 18.8 Å². The molecular weight excluding hydrogens is 228 g/mol. The molecule has 0 amide bonds. The highest BCUT2D eigenvalue weighted by Gasteiger charge is 2.18. The molecule has 1 rings (SSSR count). The maximum Gasteiger partial charge on any atom is 0.307 e. The van der Waals surface area contributed by atoms with Crippen molar-refractivity contribution in [2.24, 2.45) is 5.92 Å². The number of ether oxygens (including phenoxy) is 1. The van der Waals surface area contributed by atoms with E-state index in [-0.39, 0.29) is 5.75 Å². The topological polar surface area (TPSA) is 63.6 Å². The van der Waals surface area contributed by atoms with Crippen molar-refractivity contribution in [2.45, 2.75) is 11.8 Å². The van der Waals surface area contributed by atoms with Crippen LogP contribution in [0, 0.1) is 5.92 Å². The number of benzene rings is 1. The molecular formula is C11H14O4S. The molecule has 0 bridgehead atoms. The van der Waals surface area contributed by atoms with E-state index >= 15 is 0 Å². The Bertz CT molecular complexity index is 403. The number of hydrogen-bond donors (Lipinski definition) is 1. The van der Waals surface area contributed by atoms with Crippen LogP contribution < -0.4 is 4.74 Å². The summed E-state index contributed by atoms with van der Waals surface area (Å²) in [6.45, 7) is 1.54. The minimum atomic E-state index is -1.35. The third-order valence-corrected chi connectivity index (χ3v) is 3.77. The van der Waals surface area contributed by atoms with Crippen LogP contribution in [0.4, 0.5) is 0 Å². The largest absolute Gasteiger partial charge is 0.495 e. The van der Waals surface area contributed by atoms with Crippen LogP contribution in [0.15, 0.2) is 29.2 Å². The van der Waals surface area contributed by atoms with Crippen molar-refractivity contribution >= 4 is 16.8 Å². The summed E-state index contributed by atoms with van der Waals surface area (Å²) in [5.74, 6) is -0.956. The molecule has 1 N–H and O–H groups in total. The van der Waals surface area contributed by atoms with Crippen molar-refractivity contribution in [3.8, 4) is 5.75 Å². The number of carbonyl (C=O) groups is 1. The average molecular weight is 242 g/mol. The maximum absolute atomic E-state index is 11.9. The van der Waals surface area contributed by atoms with Crippen LogP contribution in [0.2, 0.25) is 0 Å². The van der Waals surface area contributed by atoms with Gasteiger partial charge in [0.1, 0.15) is 5.75 Å². The standard InChI is InChI=1S/C11H14O4S/c1-8(11(12)13)7-16(14)10-6-4-3-5-9(10)15-2/h3-6,8H,7H2,1-2H3,(H,12,13). The zero-order valence-electron chi connectivity index (χ0n) is 9.17. The average Bonchev–Trinajstić information content (AvgIpc) is 2.28. The van der Waals surface area contributed by atoms with Crippen LogP contribution in [0.25, 0.3) is 0 Å². The van der Waals surface area contributed by atoms with E-state index in [0.29, 0.717) is 10.6 Å². The van der Waals surface area contributed by atoms with Gasteiger partial charge in [-0.05, 0) is 12.1 Å². The molecule has 0 radical (unpaired) electrons. The fourth-order valence-corrected chi connectivity index (χ4v) is 2.58. The van der Waals surface area contributed by atoms with E-state index in [2.05, 4.69) is 0 Å². The predicted molar refractivity (Wildman–Crippen MR) is 61.1 cm³/mol. The highest BCUT2D eigenvalue weighted by atomic mass is 32.2. The summed E-state index contributed by atoms with van der Waals surface area (Å²) < 4.78 is 17.0. The number of hydrogen-bond acceptors (Lipinski definition) is 3. The highest BCUT2D eigenvalue weighted by Crippen LogP contribution is 2.22. The molecule has 0 spiro atoms. The van der Waals surface area contributed by atoms with Crippen molar-refractivity contribution in [2.75, 3.05) is 12.9 Å². The smallest absolute Gasteiger partial charge is 0.307 e. The zero-order chi connectivity index (χ0) is 12.1. The van der Waals surface area contributed by atoms with Crippen LogP contribution in [0.1, 0.15) is 6.92 Å². The third kappa shape index (κ3) is 3.06. The molecule has 0 aliphatic carbocycles. The van der Waals surface area contributed by atoms with Crippen LogP contribution in [0.3, 0.4) is 0 Å². The first-order chi connectivity index (χ1) is 7.56. The van der Waals surface area contributed by atoms with E-state index in [9.17, 15) is 9.00 Å². The number of aliphatic carboxylic acids is 1. The molecule has 0 aliphatic heterocycles. The van der Waals surface area contributed by atoms with Gasteiger partial charge in [-0.25, -0.2) is 0 Å². The van der Waals surface area contributed by atoms with Crippen LogP contribution in [0.5, 0.6) is 5.75 Å². The fourth-order valence-electron chi connectivity index (χ4n) is 1.20. The Morgan fingerprint density at radius 2 is 2.12 bits per heavy atom. The summed E-state index contributed by atoms with van der Waals surface area (Å²) in [6.07, 6.45) is 0. The van der Waals surface area contributed by atoms with E-state index in [4.69, 9.17) is 9.84 Å². The van der Waals surface area contributed by atoms with E-state index < -0.39 is 22.7 Å². The van der Waals surface area contributed by atoms with Gasteiger partial charge in [-0.1, -0.05) is 19.1 Å². The van der Waals surface area contributed by atoms with Crippen molar-refractivity contribution in [3.63, 3.8) is 0 Å². The van der Waals surface area contributed by atoms with Gasteiger partial charge in [0.15, 0.2) is 0 Å². The minimum Gasteiger partial charge on any atom is -0.495 e. The van der Waals surface area contributed by atoms with E-state index in [1.807, 2.05) is 0 Å². The predicted octanol–water partition coefficient (Wildman–Crippen LogP) is 1.52. The Morgan fingerprint density at radius 1 is 1.50 bits per heavy atom. The van der Waals surface area contributed by atoms with Gasteiger partial charge in [-0.15, -0.1) is 0 Å². The Labute approximate surface area is 96.7 Å². The van der Waals surface area contributed by atoms with Gasteiger partial charge in [-0.2, -0.15) is 0 Å². The number of carboxylic acid groups (broad SMARTS) is 1. The molecule has 88 valence electrons. The summed E-state index contributed by atoms with van der Waals surface area (Å²) >= 11 is 0. The van der Waals surface area contributed by atoms with Crippen molar-refractivity contribution in [1.82, 2.24) is 0 Å². The second-order valence-electron chi connectivity index (χ2n) is 3.40. The van der Waals surface area contributed by atoms with E-state index in [1.165, 1.54) is 14.0 Å². The molecule has 1 aromatic carbocycles. The molecule has 5 heteroatoms. The lowest BCUT2D eigenvalue weighted by molar-refractivity contribution is -0.140. The first-order valence-corrected chi connectivity index (χ1v) is 6.12. The quantitative estimate of drug-likeness (QED) is 0.850. The number of rotatable bonds is 5. The van der Waals surface area contributed by atoms with E-state index in [0.717, 1.165) is 0 Å². The lowest BCUT2D eigenvalue weighted by atomic mass is 10.2. The first kappa shape index (κ1) is 12.7. The first-order valence-electron chi connectivity index (χ1n) is 4.80. The molecule has 1 aromatic rings. The highest BCUT2D eigenvalue weighted by molar-refractivity contribution is 7.85. The summed E-state index contributed by atoms with van der Waals surface area (Å²) in [5.41, 5.74) is 0. The molecule has 0 aromatic heterocycles. The number of carboxylic acids is 1. The summed E-state index contributed by atoms with van der Waals surface area (Å²) in [4.78, 5) is 11.2. The summed E-state index contributed by atoms with van der Waals surface area (Å²) in [7, 11) is 0.145. The van der Waals surface area contributed by atoms with Crippen LogP contribution in [-0.4, -0.2) is 28.1 Å². The second-order valence-corrected chi connectivity index (χ2v) is 4.87. The Kier molecular flexibility index (Phi) is 4.49. The molecule has 16 heavy (non-hydrogen) atoms. The Hall–Kier alpha value is -1.36. The van der Waals surface area contributed by atoms with Gasteiger partial charge >= 0.3 is 5.97 Å². The van der Waals surface area contributed by atoms with Crippen molar-refractivity contribution in [3.05, 3.63) is 24.3 Å². The lowest BCUT2D eigenvalue weighted by Crippen LogP contribution is -2.17. The van der Waals surface area contributed by atoms with Gasteiger partial charge in [-0.3, -0.25) is 9.00 Å². The number of methoxy groups -OCH3 is 1. The molecule has 2 unspecified atom stereocenters. The van der Waals surface area contributed by atoms with Crippen LogP contribution in [-0.2, 0) is 15.6 Å². The van der Waals surface area contributed by atoms with Crippen LogP contribution >= 0.6 is 0 Å². The molecule has 0 saturated carbocycles. The fraction of sp³-hybridized carbons (Fsp3) is 0.364. The number of para-hydroxylation sites is 1. The molecule has 0 saturated heterocycles. The molecule has 0 aliphatic rings. The minimum absolute atomic E-state index is 0.0930. The molecule has 4 nitrogen and oxygen atoms in total. The summed E-state index contributed by atoms with van der Waals surface area (Å²) in [5, 5.41) is 8.74. The molecule has 0 fully saturated rings. The van der Waals surface area contributed by atoms with Gasteiger partial charge < -0.3 is 9.84 Å². The molecule has 0 heterocycles. The van der Waals surface area contributed by atoms with Gasteiger partial charge in [0.05, 0.1) is 28.7 Å². The van der Waals surface area contributed by atoms with Gasteiger partial charge in [0, 0.05) is 5.75 Å². The normalized spacial score (nSPS) is 14.1. The zero-order valence-corrected chi connectivity index (χ0v) is 9.99. The lowest BCUT2D eigenvalue weighted by Gasteiger charge is -2.09. The Balaban J connectivity index is 2.84.